The number of carbonyl (C=O) groups excluding carboxylic acids is 1. The molecule has 1 rings (SSSR count). The van der Waals surface area contributed by atoms with Crippen LogP contribution in [0.4, 0.5) is 0 Å². The molecule has 0 radical (unpaired) electrons. The minimum Gasteiger partial charge on any atom is -0.479 e. The van der Waals surface area contributed by atoms with E-state index in [-0.39, 0.29) is 18.3 Å². The van der Waals surface area contributed by atoms with Crippen LogP contribution in [0.25, 0.3) is 0 Å². The molecule has 0 saturated heterocycles. The zero-order chi connectivity index (χ0) is 13.0. The monoisotopic (exact) mass is 242 g/mol. The van der Waals surface area contributed by atoms with Gasteiger partial charge in [-0.3, -0.25) is 9.89 Å². The van der Waals surface area contributed by atoms with Gasteiger partial charge in [-0.25, -0.2) is 9.78 Å². The van der Waals surface area contributed by atoms with Crippen LogP contribution in [0.3, 0.4) is 0 Å². The Morgan fingerprint density at radius 2 is 2.12 bits per heavy atom. The van der Waals surface area contributed by atoms with Gasteiger partial charge < -0.3 is 15.5 Å². The fourth-order valence-electron chi connectivity index (χ4n) is 0.990. The molecule has 0 saturated carbocycles. The van der Waals surface area contributed by atoms with Gasteiger partial charge in [0, 0.05) is 5.92 Å². The number of carbonyl (C=O) groups is 2. The number of carboxylic acid groups (broad SMARTS) is 1. The molecule has 0 spiro atoms. The van der Waals surface area contributed by atoms with E-state index < -0.39 is 18.0 Å². The number of aromatic amines is 1. The summed E-state index contributed by atoms with van der Waals surface area (Å²) in [6.45, 7) is 3.38. The fraction of sp³-hybridized carbons (Fsp3) is 0.556. The largest absolute Gasteiger partial charge is 0.479 e. The molecule has 1 heterocycles. The lowest BCUT2D eigenvalue weighted by molar-refractivity contribution is -0.146. The second-order valence-corrected chi connectivity index (χ2v) is 3.76. The summed E-state index contributed by atoms with van der Waals surface area (Å²) in [5, 5.41) is 25.9. The fourth-order valence-corrected chi connectivity index (χ4v) is 0.990. The number of aliphatic hydroxyl groups is 1. The second kappa shape index (κ2) is 5.39. The van der Waals surface area contributed by atoms with Gasteiger partial charge in [0.25, 0.3) is 5.91 Å². The number of aromatic nitrogens is 3. The van der Waals surface area contributed by atoms with E-state index in [1.807, 2.05) is 13.8 Å². The predicted octanol–water partition coefficient (Wildman–Crippen LogP) is -0.897. The number of hydrogen-bond acceptors (Lipinski definition) is 5. The van der Waals surface area contributed by atoms with Crippen molar-refractivity contribution < 1.29 is 19.8 Å². The number of nitrogens with zero attached hydrogens (tertiary/aromatic N) is 2. The van der Waals surface area contributed by atoms with E-state index in [1.54, 1.807) is 0 Å². The molecule has 1 aromatic heterocycles. The third-order valence-corrected chi connectivity index (χ3v) is 1.99. The number of rotatable bonds is 5. The topological polar surface area (TPSA) is 128 Å². The van der Waals surface area contributed by atoms with Crippen molar-refractivity contribution >= 4 is 11.9 Å². The number of nitrogens with one attached hydrogen (secondary N) is 2. The molecule has 94 valence electrons. The quantitative estimate of drug-likeness (QED) is 0.530. The van der Waals surface area contributed by atoms with Gasteiger partial charge in [-0.2, -0.15) is 0 Å². The number of carboxylic acids is 1. The van der Waals surface area contributed by atoms with Gasteiger partial charge in [-0.15, -0.1) is 5.10 Å². The third kappa shape index (κ3) is 3.52. The van der Waals surface area contributed by atoms with Crippen LogP contribution in [0.2, 0.25) is 0 Å². The van der Waals surface area contributed by atoms with Gasteiger partial charge in [-0.05, 0) is 0 Å². The van der Waals surface area contributed by atoms with E-state index in [0.717, 1.165) is 0 Å². The Morgan fingerprint density at radius 1 is 1.47 bits per heavy atom. The molecule has 1 atom stereocenters. The van der Waals surface area contributed by atoms with Crippen molar-refractivity contribution in [1.29, 1.82) is 0 Å². The predicted molar refractivity (Wildman–Crippen MR) is 56.4 cm³/mol. The summed E-state index contributed by atoms with van der Waals surface area (Å²) in [6.07, 6.45) is -1.64. The Balaban J connectivity index is 2.55. The lowest BCUT2D eigenvalue weighted by Gasteiger charge is -2.05. The average molecular weight is 242 g/mol. The minimum atomic E-state index is -1.64. The van der Waals surface area contributed by atoms with Crippen LogP contribution in [0.1, 0.15) is 36.2 Å². The van der Waals surface area contributed by atoms with Gasteiger partial charge in [0.15, 0.2) is 6.10 Å². The summed E-state index contributed by atoms with van der Waals surface area (Å²) >= 11 is 0. The van der Waals surface area contributed by atoms with Crippen molar-refractivity contribution in [2.24, 2.45) is 0 Å². The molecule has 0 fully saturated rings. The van der Waals surface area contributed by atoms with Crippen molar-refractivity contribution in [1.82, 2.24) is 20.5 Å². The van der Waals surface area contributed by atoms with Crippen LogP contribution < -0.4 is 5.32 Å². The number of amides is 1. The average Bonchev–Trinajstić information content (AvgIpc) is 2.74. The Labute approximate surface area is 97.1 Å². The maximum Gasteiger partial charge on any atom is 0.334 e. The van der Waals surface area contributed by atoms with Gasteiger partial charge >= 0.3 is 5.97 Å². The Kier molecular flexibility index (Phi) is 4.16. The van der Waals surface area contributed by atoms with E-state index in [1.165, 1.54) is 0 Å². The van der Waals surface area contributed by atoms with Crippen molar-refractivity contribution in [2.45, 2.75) is 25.9 Å². The molecule has 0 aromatic carbocycles. The van der Waals surface area contributed by atoms with E-state index in [9.17, 15) is 9.59 Å². The van der Waals surface area contributed by atoms with Gasteiger partial charge in [0.05, 0.1) is 6.54 Å². The van der Waals surface area contributed by atoms with E-state index in [0.29, 0.717) is 5.82 Å². The molecule has 17 heavy (non-hydrogen) atoms. The third-order valence-electron chi connectivity index (χ3n) is 1.99. The first kappa shape index (κ1) is 13.1. The first-order chi connectivity index (χ1) is 7.91. The SMILES string of the molecule is CC(C)c1nc(C(=O)NCC(O)C(=O)O)n[nH]1. The molecule has 8 heteroatoms. The molecular weight excluding hydrogens is 228 g/mol. The molecule has 0 bridgehead atoms. The van der Waals surface area contributed by atoms with Crippen LogP contribution >= 0.6 is 0 Å². The molecule has 0 aliphatic carbocycles. The van der Waals surface area contributed by atoms with Gasteiger partial charge in [0.1, 0.15) is 5.82 Å². The van der Waals surface area contributed by atoms with Crippen molar-refractivity contribution in [3.8, 4) is 0 Å². The van der Waals surface area contributed by atoms with Gasteiger partial charge in [0.2, 0.25) is 5.82 Å². The lowest BCUT2D eigenvalue weighted by atomic mass is 10.2. The lowest BCUT2D eigenvalue weighted by Crippen LogP contribution is -2.36. The van der Waals surface area contributed by atoms with E-state index in [2.05, 4.69) is 20.5 Å². The number of H-pyrrole nitrogens is 1. The molecular formula is C9H14N4O4. The molecule has 4 N–H and O–H groups in total. The van der Waals surface area contributed by atoms with E-state index in [4.69, 9.17) is 10.2 Å². The maximum atomic E-state index is 11.4. The van der Waals surface area contributed by atoms with Crippen LogP contribution in [-0.4, -0.2) is 49.9 Å². The van der Waals surface area contributed by atoms with Crippen molar-refractivity contribution in [3.05, 3.63) is 11.6 Å². The zero-order valence-corrected chi connectivity index (χ0v) is 9.47. The summed E-state index contributed by atoms with van der Waals surface area (Å²) in [7, 11) is 0. The summed E-state index contributed by atoms with van der Waals surface area (Å²) in [5.41, 5.74) is 0. The van der Waals surface area contributed by atoms with E-state index >= 15 is 0 Å². The molecule has 0 aliphatic heterocycles. The van der Waals surface area contributed by atoms with Gasteiger partial charge in [-0.1, -0.05) is 13.8 Å². The Hall–Kier alpha value is -1.96. The smallest absolute Gasteiger partial charge is 0.334 e. The van der Waals surface area contributed by atoms with Crippen LogP contribution in [0.15, 0.2) is 0 Å². The molecule has 1 amide bonds. The maximum absolute atomic E-state index is 11.4. The summed E-state index contributed by atoms with van der Waals surface area (Å²) in [6, 6.07) is 0. The summed E-state index contributed by atoms with van der Waals surface area (Å²) < 4.78 is 0. The summed E-state index contributed by atoms with van der Waals surface area (Å²) in [5.74, 6) is -1.44. The normalized spacial score (nSPS) is 12.5. The molecule has 0 aliphatic rings. The number of aliphatic hydroxyl groups excluding tert-OH is 1. The Morgan fingerprint density at radius 3 is 2.59 bits per heavy atom. The first-order valence-corrected chi connectivity index (χ1v) is 5.03. The van der Waals surface area contributed by atoms with Crippen LogP contribution in [0.5, 0.6) is 0 Å². The molecule has 1 unspecified atom stereocenters. The highest BCUT2D eigenvalue weighted by molar-refractivity contribution is 5.90. The minimum absolute atomic E-state index is 0.0775. The van der Waals surface area contributed by atoms with Crippen LogP contribution in [-0.2, 0) is 4.79 Å². The summed E-state index contributed by atoms with van der Waals surface area (Å²) in [4.78, 5) is 25.7. The first-order valence-electron chi connectivity index (χ1n) is 5.03. The highest BCUT2D eigenvalue weighted by Gasteiger charge is 2.17. The number of hydrogen-bond donors (Lipinski definition) is 4. The van der Waals surface area contributed by atoms with Crippen molar-refractivity contribution in [3.63, 3.8) is 0 Å². The Bertz CT molecular complexity index is 415. The second-order valence-electron chi connectivity index (χ2n) is 3.76. The van der Waals surface area contributed by atoms with Crippen molar-refractivity contribution in [2.75, 3.05) is 6.54 Å². The molecule has 1 aromatic rings. The zero-order valence-electron chi connectivity index (χ0n) is 9.47. The van der Waals surface area contributed by atoms with Crippen LogP contribution in [0, 0.1) is 0 Å². The highest BCUT2D eigenvalue weighted by atomic mass is 16.4. The number of aliphatic carboxylic acids is 1. The highest BCUT2D eigenvalue weighted by Crippen LogP contribution is 2.07. The standard InChI is InChI=1S/C9H14N4O4/c1-4(2)6-11-7(13-12-6)8(15)10-3-5(14)9(16)17/h4-5,14H,3H2,1-2H3,(H,10,15)(H,16,17)(H,11,12,13). The molecule has 8 nitrogen and oxygen atoms in total.